The molecule has 0 aromatic carbocycles. The van der Waals surface area contributed by atoms with Crippen LogP contribution in [0.3, 0.4) is 0 Å². The van der Waals surface area contributed by atoms with Gasteiger partial charge in [-0.25, -0.2) is 4.79 Å². The molecule has 2 atom stereocenters. The lowest BCUT2D eigenvalue weighted by atomic mass is 10.0. The Hall–Kier alpha value is -0.720. The van der Waals surface area contributed by atoms with Gasteiger partial charge in [0.15, 0.2) is 0 Å². The van der Waals surface area contributed by atoms with Crippen LogP contribution in [0.5, 0.6) is 0 Å². The third-order valence-electron chi connectivity index (χ3n) is 4.44. The van der Waals surface area contributed by atoms with Gasteiger partial charge in [0.1, 0.15) is 12.6 Å². The molecule has 0 amide bonds. The molecular weight excluding hydrogens is 357 g/mol. The van der Waals surface area contributed by atoms with Gasteiger partial charge in [0, 0.05) is 12.5 Å². The molecular formula is C18H36NO6P. The van der Waals surface area contributed by atoms with Crippen molar-refractivity contribution in [2.24, 2.45) is 0 Å². The second kappa shape index (κ2) is 13.4. The van der Waals surface area contributed by atoms with Crippen LogP contribution in [0.15, 0.2) is 12.2 Å². The summed E-state index contributed by atoms with van der Waals surface area (Å²) in [7, 11) is -4.76. The van der Waals surface area contributed by atoms with E-state index in [1.165, 1.54) is 6.08 Å². The molecule has 0 radical (unpaired) electrons. The number of quaternary nitrogens is 1. The normalized spacial score (nSPS) is 15.8. The maximum Gasteiger partial charge on any atom is 0.330 e. The number of phosphoric ester groups is 1. The van der Waals surface area contributed by atoms with E-state index in [2.05, 4.69) is 20.8 Å². The predicted octanol–water partition coefficient (Wildman–Crippen LogP) is 2.78. The van der Waals surface area contributed by atoms with Gasteiger partial charge in [0.2, 0.25) is 0 Å². The molecule has 0 bridgehead atoms. The van der Waals surface area contributed by atoms with E-state index >= 15 is 0 Å². The molecule has 154 valence electrons. The smallest absolute Gasteiger partial charge is 0.330 e. The van der Waals surface area contributed by atoms with Crippen LogP contribution in [0, 0.1) is 0 Å². The summed E-state index contributed by atoms with van der Waals surface area (Å²) in [6, 6.07) is -0.0790. The lowest BCUT2D eigenvalue weighted by Crippen LogP contribution is -2.58. The van der Waals surface area contributed by atoms with Crippen LogP contribution in [-0.2, 0) is 18.6 Å². The number of carbonyl (C=O) groups is 1. The summed E-state index contributed by atoms with van der Waals surface area (Å²) in [5.74, 6) is -0.379. The molecule has 0 aliphatic rings. The first-order valence-electron chi connectivity index (χ1n) is 9.58. The highest BCUT2D eigenvalue weighted by molar-refractivity contribution is 7.44. The van der Waals surface area contributed by atoms with Crippen molar-refractivity contribution in [2.75, 3.05) is 32.8 Å². The number of esters is 1. The molecule has 1 N–H and O–H groups in total. The second-order valence-electron chi connectivity index (χ2n) is 6.62. The number of allylic oxidation sites excluding steroid dienone is 1. The molecule has 0 saturated heterocycles. The minimum absolute atomic E-state index is 0.0555. The highest BCUT2D eigenvalue weighted by Gasteiger charge is 2.35. The molecule has 0 aliphatic heterocycles. The quantitative estimate of drug-likeness (QED) is 0.151. The van der Waals surface area contributed by atoms with Gasteiger partial charge in [-0.2, -0.15) is 0 Å². The van der Waals surface area contributed by atoms with Crippen LogP contribution in [0.25, 0.3) is 0 Å². The monoisotopic (exact) mass is 393 g/mol. The fourth-order valence-electron chi connectivity index (χ4n) is 3.59. The average Bonchev–Trinajstić information content (AvgIpc) is 2.54. The average molecular weight is 393 g/mol. The lowest BCUT2D eigenvalue weighted by Gasteiger charge is -2.45. The largest absolute Gasteiger partial charge is 0.756 e. The van der Waals surface area contributed by atoms with E-state index in [0.29, 0.717) is 12.8 Å². The number of hydrogen-bond acceptors (Lipinski definition) is 5. The lowest BCUT2D eigenvalue weighted by molar-refractivity contribution is -0.952. The number of ether oxygens (including phenoxy) is 1. The van der Waals surface area contributed by atoms with Gasteiger partial charge in [-0.15, -0.1) is 0 Å². The summed E-state index contributed by atoms with van der Waals surface area (Å²) in [6.07, 6.45) is 7.18. The molecule has 0 fully saturated rings. The summed E-state index contributed by atoms with van der Waals surface area (Å²) in [4.78, 5) is 31.5. The minimum atomic E-state index is -4.76. The van der Waals surface area contributed by atoms with Crippen LogP contribution >= 0.6 is 7.82 Å². The SMILES string of the molecule is CC=CC(=O)OCCCC(COP(=O)([O-])O)[N+](CCC)(CCC)CCC. The molecule has 7 nitrogen and oxygen atoms in total. The molecule has 0 saturated carbocycles. The highest BCUT2D eigenvalue weighted by Crippen LogP contribution is 2.33. The molecule has 0 aromatic rings. The molecule has 26 heavy (non-hydrogen) atoms. The Bertz CT molecular complexity index is 446. The van der Waals surface area contributed by atoms with Crippen molar-refractivity contribution in [3.05, 3.63) is 12.2 Å². The Morgan fingerprint density at radius 1 is 1.19 bits per heavy atom. The van der Waals surface area contributed by atoms with E-state index < -0.39 is 7.82 Å². The topological polar surface area (TPSA) is 95.9 Å². The summed E-state index contributed by atoms with van der Waals surface area (Å²) in [6.45, 7) is 11.1. The molecule has 0 rings (SSSR count). The zero-order valence-electron chi connectivity index (χ0n) is 16.7. The first-order chi connectivity index (χ1) is 12.2. The van der Waals surface area contributed by atoms with Crippen molar-refractivity contribution in [3.8, 4) is 0 Å². The molecule has 2 unspecified atom stereocenters. The summed E-state index contributed by atoms with van der Waals surface area (Å²) >= 11 is 0. The minimum Gasteiger partial charge on any atom is -0.756 e. The van der Waals surface area contributed by atoms with Gasteiger partial charge in [-0.3, -0.25) is 4.57 Å². The first kappa shape index (κ1) is 25.3. The third kappa shape index (κ3) is 10.4. The highest BCUT2D eigenvalue weighted by atomic mass is 31.2. The van der Waals surface area contributed by atoms with Crippen LogP contribution in [0.4, 0.5) is 0 Å². The van der Waals surface area contributed by atoms with Crippen molar-refractivity contribution < 1.29 is 32.9 Å². The van der Waals surface area contributed by atoms with Crippen molar-refractivity contribution in [2.45, 2.75) is 65.8 Å². The van der Waals surface area contributed by atoms with Crippen molar-refractivity contribution >= 4 is 13.8 Å². The summed E-state index contributed by atoms with van der Waals surface area (Å²) in [5.41, 5.74) is 0. The van der Waals surface area contributed by atoms with Crippen LogP contribution in [0.1, 0.15) is 59.8 Å². The molecule has 0 spiro atoms. The van der Waals surface area contributed by atoms with Crippen molar-refractivity contribution in [1.82, 2.24) is 0 Å². The standard InChI is InChI=1S/C18H36NO6P/c1-5-10-18(20)24-15-9-11-17(16-25-26(21,22)23)19(12-6-2,13-7-3)14-8-4/h5,10,17H,6-9,11-16H2,1-4H3,(H-,21,22,23). The molecule has 0 heterocycles. The van der Waals surface area contributed by atoms with Gasteiger partial charge in [0.05, 0.1) is 26.2 Å². The number of phosphoric acid groups is 1. The van der Waals surface area contributed by atoms with Crippen LogP contribution < -0.4 is 4.89 Å². The van der Waals surface area contributed by atoms with Gasteiger partial charge < -0.3 is 23.5 Å². The number of rotatable bonds is 15. The van der Waals surface area contributed by atoms with Crippen molar-refractivity contribution in [3.63, 3.8) is 0 Å². The van der Waals surface area contributed by atoms with Gasteiger partial charge in [-0.05, 0) is 32.6 Å². The summed E-state index contributed by atoms with van der Waals surface area (Å²) < 4.78 is 21.8. The Kier molecular flexibility index (Phi) is 13.1. The van der Waals surface area contributed by atoms with Gasteiger partial charge in [0.25, 0.3) is 7.82 Å². The fourth-order valence-corrected chi connectivity index (χ4v) is 3.95. The van der Waals surface area contributed by atoms with Crippen molar-refractivity contribution in [1.29, 1.82) is 0 Å². The number of nitrogens with zero attached hydrogens (tertiary/aromatic N) is 1. The maximum absolute atomic E-state index is 11.4. The molecule has 0 aliphatic carbocycles. The van der Waals surface area contributed by atoms with Gasteiger partial charge >= 0.3 is 5.97 Å². The van der Waals surface area contributed by atoms with Gasteiger partial charge in [-0.1, -0.05) is 26.8 Å². The Labute approximate surface area is 158 Å². The van der Waals surface area contributed by atoms with Crippen LogP contribution in [0.2, 0.25) is 0 Å². The fraction of sp³-hybridized carbons (Fsp3) is 0.833. The van der Waals surface area contributed by atoms with E-state index in [1.807, 2.05) is 0 Å². The third-order valence-corrected chi connectivity index (χ3v) is 4.92. The molecule has 8 heteroatoms. The Balaban J connectivity index is 5.12. The zero-order chi connectivity index (χ0) is 20.1. The Morgan fingerprint density at radius 2 is 1.73 bits per heavy atom. The maximum atomic E-state index is 11.4. The van der Waals surface area contributed by atoms with E-state index in [-0.39, 0.29) is 25.2 Å². The first-order valence-corrected chi connectivity index (χ1v) is 11.1. The predicted molar refractivity (Wildman–Crippen MR) is 100 cm³/mol. The summed E-state index contributed by atoms with van der Waals surface area (Å²) in [5, 5.41) is 0. The Morgan fingerprint density at radius 3 is 2.15 bits per heavy atom. The molecule has 0 aromatic heterocycles. The zero-order valence-corrected chi connectivity index (χ0v) is 17.6. The van der Waals surface area contributed by atoms with Crippen LogP contribution in [-0.4, -0.2) is 54.2 Å². The number of hydrogen-bond donors (Lipinski definition) is 1. The number of carbonyl (C=O) groups excluding carboxylic acids is 1. The van der Waals surface area contributed by atoms with E-state index in [1.54, 1.807) is 13.0 Å². The van der Waals surface area contributed by atoms with E-state index in [4.69, 9.17) is 14.2 Å². The second-order valence-corrected chi connectivity index (χ2v) is 7.81. The van der Waals surface area contributed by atoms with E-state index in [0.717, 1.165) is 43.4 Å². The van der Waals surface area contributed by atoms with E-state index in [9.17, 15) is 14.3 Å².